The van der Waals surface area contributed by atoms with Crippen LogP contribution in [0.3, 0.4) is 0 Å². The Bertz CT molecular complexity index is 460. The molecule has 1 heterocycles. The van der Waals surface area contributed by atoms with Gasteiger partial charge in [-0.05, 0) is 42.4 Å². The monoisotopic (exact) mass is 286 g/mol. The Labute approximate surface area is 113 Å². The number of carbonyl (C=O) groups is 1. The van der Waals surface area contributed by atoms with E-state index in [-0.39, 0.29) is 18.3 Å². The van der Waals surface area contributed by atoms with Crippen LogP contribution in [0.25, 0.3) is 0 Å². The van der Waals surface area contributed by atoms with Gasteiger partial charge in [0.15, 0.2) is 0 Å². The predicted octanol–water partition coefficient (Wildman–Crippen LogP) is 2.80. The molecule has 1 aromatic carbocycles. The number of hydrogen-bond donors (Lipinski definition) is 0. The highest BCUT2D eigenvalue weighted by Crippen LogP contribution is 2.35. The molecule has 0 aliphatic carbocycles. The Kier molecular flexibility index (Phi) is 4.80. The molecule has 5 heteroatoms. The molecular formula is C14H16F2O2S. The van der Waals surface area contributed by atoms with E-state index in [1.165, 1.54) is 12.1 Å². The average molecular weight is 286 g/mol. The van der Waals surface area contributed by atoms with Gasteiger partial charge in [-0.15, -0.1) is 0 Å². The van der Waals surface area contributed by atoms with E-state index in [0.29, 0.717) is 17.1 Å². The van der Waals surface area contributed by atoms with Crippen molar-refractivity contribution in [2.24, 2.45) is 5.92 Å². The van der Waals surface area contributed by atoms with Crippen molar-refractivity contribution in [3.05, 3.63) is 35.4 Å². The molecule has 1 atom stereocenters. The van der Waals surface area contributed by atoms with Crippen molar-refractivity contribution in [1.82, 2.24) is 0 Å². The van der Waals surface area contributed by atoms with Crippen LogP contribution in [0.2, 0.25) is 0 Å². The molecule has 1 aliphatic heterocycles. The number of aldehydes is 1. The van der Waals surface area contributed by atoms with Crippen molar-refractivity contribution in [3.8, 4) is 0 Å². The van der Waals surface area contributed by atoms with Crippen LogP contribution in [-0.2, 0) is 15.6 Å². The van der Waals surface area contributed by atoms with Crippen molar-refractivity contribution in [3.63, 3.8) is 0 Å². The number of benzene rings is 1. The summed E-state index contributed by atoms with van der Waals surface area (Å²) < 4.78 is 37.9. The topological polar surface area (TPSA) is 34.1 Å². The van der Waals surface area contributed by atoms with Gasteiger partial charge in [0.1, 0.15) is 17.9 Å². The number of carbonyl (C=O) groups excluding carboxylic acids is 1. The van der Waals surface area contributed by atoms with E-state index in [1.807, 2.05) is 0 Å². The van der Waals surface area contributed by atoms with E-state index in [0.717, 1.165) is 25.2 Å². The molecule has 0 saturated carbocycles. The van der Waals surface area contributed by atoms with E-state index in [9.17, 15) is 17.8 Å². The van der Waals surface area contributed by atoms with Gasteiger partial charge < -0.3 is 4.79 Å². The van der Waals surface area contributed by atoms with E-state index in [1.54, 1.807) is 0 Å². The van der Waals surface area contributed by atoms with Gasteiger partial charge in [0.2, 0.25) is 0 Å². The third-order valence-corrected chi connectivity index (χ3v) is 5.05. The van der Waals surface area contributed by atoms with Gasteiger partial charge in [0, 0.05) is 34.8 Å². The minimum absolute atomic E-state index is 0.170. The SMILES string of the molecule is O=CCC(c1cc(F)cc(F)c1)C1CCS(=O)CC1. The second-order valence-corrected chi connectivity index (χ2v) is 6.59. The standard InChI is InChI=1S/C14H16F2O2S/c15-12-7-11(8-13(16)9-12)14(1-4-17)10-2-5-19(18)6-3-10/h4,7-10,14H,1-3,5-6H2. The Hall–Kier alpha value is -1.10. The number of halogens is 2. The molecule has 1 fully saturated rings. The van der Waals surface area contributed by atoms with Crippen LogP contribution in [0.1, 0.15) is 30.7 Å². The summed E-state index contributed by atoms with van der Waals surface area (Å²) in [4.78, 5) is 10.8. The number of rotatable bonds is 4. The Balaban J connectivity index is 2.23. The lowest BCUT2D eigenvalue weighted by atomic mass is 9.80. The summed E-state index contributed by atoms with van der Waals surface area (Å²) in [5, 5.41) is 0. The van der Waals surface area contributed by atoms with Crippen LogP contribution in [0.4, 0.5) is 8.78 Å². The molecule has 0 bridgehead atoms. The molecule has 2 rings (SSSR count). The van der Waals surface area contributed by atoms with E-state index in [4.69, 9.17) is 0 Å². The molecule has 0 amide bonds. The first-order valence-electron chi connectivity index (χ1n) is 6.34. The molecule has 1 unspecified atom stereocenters. The molecule has 1 aliphatic rings. The Morgan fingerprint density at radius 3 is 2.32 bits per heavy atom. The molecule has 1 saturated heterocycles. The molecule has 0 spiro atoms. The maximum absolute atomic E-state index is 13.3. The highest BCUT2D eigenvalue weighted by Gasteiger charge is 2.27. The zero-order valence-corrected chi connectivity index (χ0v) is 11.3. The van der Waals surface area contributed by atoms with E-state index >= 15 is 0 Å². The Morgan fingerprint density at radius 2 is 1.79 bits per heavy atom. The zero-order valence-electron chi connectivity index (χ0n) is 10.5. The van der Waals surface area contributed by atoms with E-state index in [2.05, 4.69) is 0 Å². The first-order chi connectivity index (χ1) is 9.10. The average Bonchev–Trinajstić information content (AvgIpc) is 2.36. The minimum atomic E-state index is -0.783. The highest BCUT2D eigenvalue weighted by atomic mass is 32.2. The number of hydrogen-bond acceptors (Lipinski definition) is 2. The van der Waals surface area contributed by atoms with Crippen LogP contribution in [0, 0.1) is 17.6 Å². The van der Waals surface area contributed by atoms with Crippen LogP contribution in [0.15, 0.2) is 18.2 Å². The minimum Gasteiger partial charge on any atom is -0.303 e. The fraction of sp³-hybridized carbons (Fsp3) is 0.500. The summed E-state index contributed by atoms with van der Waals surface area (Å²) in [5.74, 6) is -0.0324. The van der Waals surface area contributed by atoms with E-state index < -0.39 is 22.4 Å². The smallest absolute Gasteiger partial charge is 0.126 e. The van der Waals surface area contributed by atoms with Crippen molar-refractivity contribution < 1.29 is 17.8 Å². The predicted molar refractivity (Wildman–Crippen MR) is 70.4 cm³/mol. The second kappa shape index (κ2) is 6.37. The normalized spacial score (nSPS) is 24.9. The van der Waals surface area contributed by atoms with Crippen LogP contribution in [-0.4, -0.2) is 22.0 Å². The van der Waals surface area contributed by atoms with Gasteiger partial charge in [0.05, 0.1) is 0 Å². The molecule has 0 radical (unpaired) electrons. The van der Waals surface area contributed by atoms with Crippen molar-refractivity contribution >= 4 is 17.1 Å². The molecule has 2 nitrogen and oxygen atoms in total. The van der Waals surface area contributed by atoms with Gasteiger partial charge in [-0.2, -0.15) is 0 Å². The van der Waals surface area contributed by atoms with Gasteiger partial charge in [-0.25, -0.2) is 8.78 Å². The summed E-state index contributed by atoms with van der Waals surface area (Å²) in [6.07, 6.45) is 2.52. The first-order valence-corrected chi connectivity index (χ1v) is 7.83. The lowest BCUT2D eigenvalue weighted by Crippen LogP contribution is -2.24. The molecule has 0 aromatic heterocycles. The Morgan fingerprint density at radius 1 is 1.21 bits per heavy atom. The largest absolute Gasteiger partial charge is 0.303 e. The quantitative estimate of drug-likeness (QED) is 0.798. The molecule has 19 heavy (non-hydrogen) atoms. The van der Waals surface area contributed by atoms with Gasteiger partial charge in [-0.1, -0.05) is 0 Å². The lowest BCUT2D eigenvalue weighted by molar-refractivity contribution is -0.108. The maximum atomic E-state index is 13.3. The van der Waals surface area contributed by atoms with Crippen molar-refractivity contribution in [2.45, 2.75) is 25.2 Å². The second-order valence-electron chi connectivity index (χ2n) is 4.90. The fourth-order valence-corrected chi connectivity index (χ4v) is 4.04. The maximum Gasteiger partial charge on any atom is 0.126 e. The molecule has 1 aromatic rings. The summed E-state index contributed by atoms with van der Waals surface area (Å²) in [7, 11) is -0.783. The zero-order chi connectivity index (χ0) is 13.8. The molecule has 104 valence electrons. The molecule has 0 N–H and O–H groups in total. The van der Waals surface area contributed by atoms with Crippen molar-refractivity contribution in [1.29, 1.82) is 0 Å². The van der Waals surface area contributed by atoms with Crippen LogP contribution < -0.4 is 0 Å². The summed E-state index contributed by atoms with van der Waals surface area (Å²) in [5.41, 5.74) is 0.530. The third kappa shape index (κ3) is 3.69. The molecular weight excluding hydrogens is 270 g/mol. The highest BCUT2D eigenvalue weighted by molar-refractivity contribution is 7.85. The first kappa shape index (κ1) is 14.3. The summed E-state index contributed by atoms with van der Waals surface area (Å²) in [6.45, 7) is 0. The summed E-state index contributed by atoms with van der Waals surface area (Å²) >= 11 is 0. The fourth-order valence-electron chi connectivity index (χ4n) is 2.71. The van der Waals surface area contributed by atoms with Gasteiger partial charge >= 0.3 is 0 Å². The summed E-state index contributed by atoms with van der Waals surface area (Å²) in [6, 6.07) is 3.42. The van der Waals surface area contributed by atoms with Gasteiger partial charge in [-0.3, -0.25) is 4.21 Å². The van der Waals surface area contributed by atoms with Gasteiger partial charge in [0.25, 0.3) is 0 Å². The van der Waals surface area contributed by atoms with Crippen LogP contribution >= 0.6 is 0 Å². The third-order valence-electron chi connectivity index (χ3n) is 3.66. The van der Waals surface area contributed by atoms with Crippen molar-refractivity contribution in [2.75, 3.05) is 11.5 Å². The van der Waals surface area contributed by atoms with Crippen LogP contribution in [0.5, 0.6) is 0 Å². The lowest BCUT2D eigenvalue weighted by Gasteiger charge is -2.29.